The lowest BCUT2D eigenvalue weighted by atomic mass is 10.2. The van der Waals surface area contributed by atoms with Gasteiger partial charge >= 0.3 is 0 Å². The quantitative estimate of drug-likeness (QED) is 0.674. The van der Waals surface area contributed by atoms with Crippen molar-refractivity contribution in [2.75, 3.05) is 45.9 Å². The van der Waals surface area contributed by atoms with Crippen LogP contribution in [0.25, 0.3) is 0 Å². The van der Waals surface area contributed by atoms with Crippen molar-refractivity contribution < 1.29 is 17.9 Å². The van der Waals surface area contributed by atoms with E-state index in [-0.39, 0.29) is 28.8 Å². The van der Waals surface area contributed by atoms with E-state index in [0.29, 0.717) is 39.4 Å². The number of amides is 1. The number of morpholine rings is 1. The highest BCUT2D eigenvalue weighted by atomic mass is 35.5. The molecule has 0 aliphatic carbocycles. The summed E-state index contributed by atoms with van der Waals surface area (Å²) in [5, 5.41) is 5.84. The number of benzene rings is 1. The fourth-order valence-corrected chi connectivity index (χ4v) is 3.94. The Kier molecular flexibility index (Phi) is 8.65. The molecule has 0 radical (unpaired) electrons. The molecule has 9 heteroatoms. The van der Waals surface area contributed by atoms with E-state index in [0.717, 1.165) is 6.54 Å². The number of likely N-dealkylation sites (N-methyl/N-ethyl adjacent to an activating group) is 1. The Labute approximate surface area is 149 Å². The van der Waals surface area contributed by atoms with Gasteiger partial charge in [0.2, 0.25) is 10.0 Å². The molecular formula is C15H24ClN3O4S. The number of sulfonamides is 1. The molecule has 0 atom stereocenters. The standard InChI is InChI=1S/C15H23N3O4S.ClH/c1-2-16-7-8-17-15(19)13-5-3-4-6-14(13)23(20,21)18-9-11-22-12-10-18;/h3-6,16H,2,7-12H2,1H3,(H,17,19);1H. The van der Waals surface area contributed by atoms with Crippen molar-refractivity contribution in [1.29, 1.82) is 0 Å². The lowest BCUT2D eigenvalue weighted by molar-refractivity contribution is 0.0730. The minimum Gasteiger partial charge on any atom is -0.379 e. The fraction of sp³-hybridized carbons (Fsp3) is 0.533. The zero-order valence-corrected chi connectivity index (χ0v) is 15.3. The zero-order valence-electron chi connectivity index (χ0n) is 13.7. The van der Waals surface area contributed by atoms with Crippen molar-refractivity contribution in [3.8, 4) is 0 Å². The van der Waals surface area contributed by atoms with E-state index in [4.69, 9.17) is 4.74 Å². The van der Waals surface area contributed by atoms with Gasteiger partial charge in [0.25, 0.3) is 5.91 Å². The Hall–Kier alpha value is -1.19. The van der Waals surface area contributed by atoms with Crippen molar-refractivity contribution in [2.45, 2.75) is 11.8 Å². The van der Waals surface area contributed by atoms with Gasteiger partial charge in [-0.1, -0.05) is 19.1 Å². The molecule has 0 aromatic heterocycles. The summed E-state index contributed by atoms with van der Waals surface area (Å²) in [6.45, 7) is 5.23. The van der Waals surface area contributed by atoms with Crippen molar-refractivity contribution in [1.82, 2.24) is 14.9 Å². The van der Waals surface area contributed by atoms with Crippen LogP contribution in [0.2, 0.25) is 0 Å². The van der Waals surface area contributed by atoms with Gasteiger partial charge < -0.3 is 15.4 Å². The summed E-state index contributed by atoms with van der Waals surface area (Å²) >= 11 is 0. The molecule has 7 nitrogen and oxygen atoms in total. The number of halogens is 1. The van der Waals surface area contributed by atoms with Crippen LogP contribution < -0.4 is 10.6 Å². The number of carbonyl (C=O) groups is 1. The summed E-state index contributed by atoms with van der Waals surface area (Å²) in [7, 11) is -3.70. The topological polar surface area (TPSA) is 87.7 Å². The van der Waals surface area contributed by atoms with E-state index in [1.807, 2.05) is 6.92 Å². The average molecular weight is 378 g/mol. The number of nitrogens with zero attached hydrogens (tertiary/aromatic N) is 1. The molecular weight excluding hydrogens is 354 g/mol. The minimum atomic E-state index is -3.70. The van der Waals surface area contributed by atoms with E-state index < -0.39 is 10.0 Å². The van der Waals surface area contributed by atoms with Crippen molar-refractivity contribution in [3.05, 3.63) is 29.8 Å². The number of nitrogens with one attached hydrogen (secondary N) is 2. The van der Waals surface area contributed by atoms with Gasteiger partial charge in [-0.25, -0.2) is 8.42 Å². The third-order valence-electron chi connectivity index (χ3n) is 3.56. The van der Waals surface area contributed by atoms with Crippen LogP contribution in [0.15, 0.2) is 29.2 Å². The number of hydrogen-bond acceptors (Lipinski definition) is 5. The van der Waals surface area contributed by atoms with E-state index in [9.17, 15) is 13.2 Å². The highest BCUT2D eigenvalue weighted by Crippen LogP contribution is 2.21. The van der Waals surface area contributed by atoms with E-state index in [1.54, 1.807) is 12.1 Å². The van der Waals surface area contributed by atoms with Gasteiger partial charge in [-0.05, 0) is 18.7 Å². The zero-order chi connectivity index (χ0) is 16.7. The Balaban J connectivity index is 0.00000288. The van der Waals surface area contributed by atoms with Crippen LogP contribution in [-0.2, 0) is 14.8 Å². The van der Waals surface area contributed by atoms with Crippen LogP contribution in [0.5, 0.6) is 0 Å². The van der Waals surface area contributed by atoms with Crippen LogP contribution in [0.4, 0.5) is 0 Å². The van der Waals surface area contributed by atoms with Gasteiger partial charge in [-0.2, -0.15) is 4.31 Å². The molecule has 1 aliphatic rings. The first-order valence-electron chi connectivity index (χ1n) is 7.73. The number of hydrogen-bond donors (Lipinski definition) is 2. The Morgan fingerprint density at radius 2 is 1.88 bits per heavy atom. The van der Waals surface area contributed by atoms with Crippen molar-refractivity contribution in [3.63, 3.8) is 0 Å². The Morgan fingerprint density at radius 1 is 1.21 bits per heavy atom. The van der Waals surface area contributed by atoms with Gasteiger partial charge in [0.05, 0.1) is 23.7 Å². The molecule has 1 heterocycles. The van der Waals surface area contributed by atoms with Crippen LogP contribution >= 0.6 is 12.4 Å². The smallest absolute Gasteiger partial charge is 0.252 e. The highest BCUT2D eigenvalue weighted by Gasteiger charge is 2.29. The maximum Gasteiger partial charge on any atom is 0.252 e. The van der Waals surface area contributed by atoms with E-state index in [1.165, 1.54) is 16.4 Å². The molecule has 1 aromatic rings. The first kappa shape index (κ1) is 20.9. The van der Waals surface area contributed by atoms with Gasteiger partial charge in [0, 0.05) is 26.2 Å². The Bertz CT molecular complexity index is 633. The van der Waals surface area contributed by atoms with E-state index >= 15 is 0 Å². The number of carbonyl (C=O) groups excluding carboxylic acids is 1. The summed E-state index contributed by atoms with van der Waals surface area (Å²) < 4.78 is 32.1. The van der Waals surface area contributed by atoms with Crippen LogP contribution in [0.1, 0.15) is 17.3 Å². The van der Waals surface area contributed by atoms with Crippen LogP contribution in [0, 0.1) is 0 Å². The Morgan fingerprint density at radius 3 is 2.54 bits per heavy atom. The third-order valence-corrected chi connectivity index (χ3v) is 5.51. The maximum atomic E-state index is 12.8. The summed E-state index contributed by atoms with van der Waals surface area (Å²) in [4.78, 5) is 12.4. The highest BCUT2D eigenvalue weighted by molar-refractivity contribution is 7.89. The molecule has 136 valence electrons. The fourth-order valence-electron chi connectivity index (χ4n) is 2.34. The molecule has 24 heavy (non-hydrogen) atoms. The first-order chi connectivity index (χ1) is 11.1. The summed E-state index contributed by atoms with van der Waals surface area (Å²) in [6.07, 6.45) is 0. The molecule has 2 rings (SSSR count). The summed E-state index contributed by atoms with van der Waals surface area (Å²) in [6, 6.07) is 6.31. The molecule has 2 N–H and O–H groups in total. The lowest BCUT2D eigenvalue weighted by Crippen LogP contribution is -2.41. The minimum absolute atomic E-state index is 0. The monoisotopic (exact) mass is 377 g/mol. The average Bonchev–Trinajstić information content (AvgIpc) is 2.59. The molecule has 0 unspecified atom stereocenters. The van der Waals surface area contributed by atoms with Crippen molar-refractivity contribution in [2.24, 2.45) is 0 Å². The lowest BCUT2D eigenvalue weighted by Gasteiger charge is -2.26. The largest absolute Gasteiger partial charge is 0.379 e. The molecule has 1 amide bonds. The maximum absolute atomic E-state index is 12.8. The SMILES string of the molecule is CCNCCNC(=O)c1ccccc1S(=O)(=O)N1CCOCC1.Cl. The molecule has 1 saturated heterocycles. The van der Waals surface area contributed by atoms with Gasteiger partial charge in [-0.15, -0.1) is 12.4 Å². The predicted molar refractivity (Wildman–Crippen MR) is 94.1 cm³/mol. The molecule has 0 saturated carbocycles. The second-order valence-corrected chi connectivity index (χ2v) is 7.03. The van der Waals surface area contributed by atoms with Crippen LogP contribution in [-0.4, -0.2) is 64.6 Å². The van der Waals surface area contributed by atoms with Crippen LogP contribution in [0.3, 0.4) is 0 Å². The van der Waals surface area contributed by atoms with Crippen molar-refractivity contribution >= 4 is 28.3 Å². The molecule has 0 bridgehead atoms. The molecule has 1 fully saturated rings. The molecule has 1 aliphatic heterocycles. The normalized spacial score (nSPS) is 15.5. The molecule has 1 aromatic carbocycles. The van der Waals surface area contributed by atoms with Gasteiger partial charge in [0.1, 0.15) is 0 Å². The predicted octanol–water partition coefficient (Wildman–Crippen LogP) is 0.469. The molecule has 0 spiro atoms. The number of ether oxygens (including phenoxy) is 1. The number of rotatable bonds is 7. The van der Waals surface area contributed by atoms with Gasteiger partial charge in [-0.3, -0.25) is 4.79 Å². The second-order valence-electron chi connectivity index (χ2n) is 5.12. The van der Waals surface area contributed by atoms with Gasteiger partial charge in [0.15, 0.2) is 0 Å². The van der Waals surface area contributed by atoms with E-state index in [2.05, 4.69) is 10.6 Å². The first-order valence-corrected chi connectivity index (χ1v) is 9.17. The second kappa shape index (κ2) is 9.95. The summed E-state index contributed by atoms with van der Waals surface area (Å²) in [5.41, 5.74) is 0.176. The third kappa shape index (κ3) is 5.15. The summed E-state index contributed by atoms with van der Waals surface area (Å²) in [5.74, 6) is -0.379.